The van der Waals surface area contributed by atoms with E-state index in [-0.39, 0.29) is 16.7 Å². The molecule has 172 valence electrons. The molecule has 0 aromatic heterocycles. The van der Waals surface area contributed by atoms with Crippen molar-refractivity contribution in [1.29, 1.82) is 0 Å². The summed E-state index contributed by atoms with van der Waals surface area (Å²) in [6, 6.07) is 18.5. The highest BCUT2D eigenvalue weighted by atomic mass is 79.9. The molecular weight excluding hydrogens is 607 g/mol. The Balaban J connectivity index is 1.49. The second-order valence-corrected chi connectivity index (χ2v) is 10.4. The molecule has 10 heteroatoms. The molecule has 4 rings (SSSR count). The van der Waals surface area contributed by atoms with E-state index in [4.69, 9.17) is 17.0 Å². The topological polar surface area (TPSA) is 58.6 Å². The van der Waals surface area contributed by atoms with E-state index >= 15 is 0 Å². The highest BCUT2D eigenvalue weighted by molar-refractivity contribution is 9.11. The van der Waals surface area contributed by atoms with Crippen LogP contribution in [-0.2, 0) is 11.4 Å². The molecule has 0 saturated carbocycles. The van der Waals surface area contributed by atoms with E-state index in [1.54, 1.807) is 66.7 Å². The third-order valence-electron chi connectivity index (χ3n) is 4.69. The molecule has 2 amide bonds. The fourth-order valence-electron chi connectivity index (χ4n) is 3.04. The number of ether oxygens (including phenoxy) is 1. The SMILES string of the molecule is O=C(NN1C(=O)/C(=C\c2cc(Br)c(OCc3ccccc3F)c(Br)c2)SC1=S)c1ccccc1. The number of thioether (sulfide) groups is 1. The maximum atomic E-state index is 13.9. The zero-order chi connectivity index (χ0) is 24.2. The summed E-state index contributed by atoms with van der Waals surface area (Å²) in [5.41, 5.74) is 4.11. The maximum absolute atomic E-state index is 13.9. The van der Waals surface area contributed by atoms with E-state index < -0.39 is 11.8 Å². The number of hydrogen-bond donors (Lipinski definition) is 1. The lowest BCUT2D eigenvalue weighted by Crippen LogP contribution is -2.44. The number of carbonyl (C=O) groups excluding carboxylic acids is 2. The van der Waals surface area contributed by atoms with Gasteiger partial charge in [-0.05, 0) is 86.0 Å². The molecule has 3 aromatic carbocycles. The minimum Gasteiger partial charge on any atom is -0.486 e. The van der Waals surface area contributed by atoms with Crippen molar-refractivity contribution in [3.8, 4) is 5.75 Å². The van der Waals surface area contributed by atoms with E-state index in [0.717, 1.165) is 16.8 Å². The number of rotatable bonds is 6. The monoisotopic (exact) mass is 620 g/mol. The average molecular weight is 622 g/mol. The van der Waals surface area contributed by atoms with E-state index in [0.29, 0.717) is 36.3 Å². The molecule has 1 N–H and O–H groups in total. The zero-order valence-corrected chi connectivity index (χ0v) is 22.1. The standard InChI is InChI=1S/C24H15Br2FN2O3S2/c25-17-10-14(11-18(26)21(17)32-13-16-8-4-5-9-19(16)27)12-20-23(31)29(24(33)34-20)28-22(30)15-6-2-1-3-7-15/h1-12H,13H2,(H,28,30)/b20-12+. The fourth-order valence-corrected chi connectivity index (χ4v) is 5.67. The Kier molecular flexibility index (Phi) is 7.82. The van der Waals surface area contributed by atoms with Crippen LogP contribution < -0.4 is 10.2 Å². The van der Waals surface area contributed by atoms with Crippen LogP contribution in [0.25, 0.3) is 6.08 Å². The third kappa shape index (κ3) is 5.57. The molecule has 5 nitrogen and oxygen atoms in total. The van der Waals surface area contributed by atoms with Crippen LogP contribution in [0.1, 0.15) is 21.5 Å². The van der Waals surface area contributed by atoms with E-state index in [2.05, 4.69) is 37.3 Å². The number of carbonyl (C=O) groups is 2. The number of nitrogens with zero attached hydrogens (tertiary/aromatic N) is 1. The summed E-state index contributed by atoms with van der Waals surface area (Å²) in [4.78, 5) is 25.7. The molecule has 0 atom stereocenters. The average Bonchev–Trinajstić information content (AvgIpc) is 3.07. The molecule has 34 heavy (non-hydrogen) atoms. The van der Waals surface area contributed by atoms with E-state index in [1.165, 1.54) is 6.07 Å². The summed E-state index contributed by atoms with van der Waals surface area (Å²) >= 11 is 13.3. The van der Waals surface area contributed by atoms with Gasteiger partial charge in [0.15, 0.2) is 4.32 Å². The van der Waals surface area contributed by atoms with Gasteiger partial charge >= 0.3 is 0 Å². The van der Waals surface area contributed by atoms with Crippen molar-refractivity contribution in [3.05, 3.63) is 103 Å². The van der Waals surface area contributed by atoms with Crippen molar-refractivity contribution in [2.75, 3.05) is 0 Å². The first-order valence-electron chi connectivity index (χ1n) is 9.82. The van der Waals surface area contributed by atoms with Gasteiger partial charge in [0.25, 0.3) is 11.8 Å². The van der Waals surface area contributed by atoms with Crippen molar-refractivity contribution in [1.82, 2.24) is 10.4 Å². The van der Waals surface area contributed by atoms with Gasteiger partial charge in [-0.2, -0.15) is 5.01 Å². The molecule has 0 spiro atoms. The van der Waals surface area contributed by atoms with Gasteiger partial charge in [-0.1, -0.05) is 48.2 Å². The molecule has 3 aromatic rings. The fraction of sp³-hybridized carbons (Fsp3) is 0.0417. The highest BCUT2D eigenvalue weighted by Crippen LogP contribution is 2.38. The molecule has 0 aliphatic carbocycles. The van der Waals surface area contributed by atoms with Crippen molar-refractivity contribution in [3.63, 3.8) is 0 Å². The van der Waals surface area contributed by atoms with Gasteiger partial charge in [-0.25, -0.2) is 4.39 Å². The number of nitrogens with one attached hydrogen (secondary N) is 1. The van der Waals surface area contributed by atoms with Crippen LogP contribution in [0.4, 0.5) is 4.39 Å². The Morgan fingerprint density at radius 2 is 1.74 bits per heavy atom. The number of benzene rings is 3. The van der Waals surface area contributed by atoms with E-state index in [9.17, 15) is 14.0 Å². The molecule has 1 aliphatic rings. The summed E-state index contributed by atoms with van der Waals surface area (Å²) in [7, 11) is 0. The number of amides is 2. The van der Waals surface area contributed by atoms with Crippen LogP contribution in [0.5, 0.6) is 5.75 Å². The quantitative estimate of drug-likeness (QED) is 0.252. The highest BCUT2D eigenvalue weighted by Gasteiger charge is 2.33. The van der Waals surface area contributed by atoms with Crippen molar-refractivity contribution < 1.29 is 18.7 Å². The molecule has 1 heterocycles. The third-order valence-corrected chi connectivity index (χ3v) is 7.17. The minimum absolute atomic E-state index is 0.0585. The molecule has 1 fully saturated rings. The van der Waals surface area contributed by atoms with Crippen LogP contribution in [0.15, 0.2) is 80.6 Å². The Morgan fingerprint density at radius 3 is 2.41 bits per heavy atom. The lowest BCUT2D eigenvalue weighted by molar-refractivity contribution is -0.123. The van der Waals surface area contributed by atoms with Crippen molar-refractivity contribution in [2.45, 2.75) is 6.61 Å². The lowest BCUT2D eigenvalue weighted by atomic mass is 10.2. The Labute approximate surface area is 221 Å². The second kappa shape index (κ2) is 10.8. The van der Waals surface area contributed by atoms with Gasteiger partial charge in [-0.3, -0.25) is 15.0 Å². The Bertz CT molecular complexity index is 1300. The maximum Gasteiger partial charge on any atom is 0.285 e. The molecule has 1 saturated heterocycles. The second-order valence-electron chi connectivity index (χ2n) is 7.02. The van der Waals surface area contributed by atoms with Gasteiger partial charge in [0.05, 0.1) is 13.9 Å². The molecule has 0 bridgehead atoms. The van der Waals surface area contributed by atoms with Crippen LogP contribution in [0, 0.1) is 5.82 Å². The number of hydrazine groups is 1. The first kappa shape index (κ1) is 24.6. The predicted octanol–water partition coefficient (Wildman–Crippen LogP) is 6.48. The molecule has 0 unspecified atom stereocenters. The Morgan fingerprint density at radius 1 is 1.09 bits per heavy atom. The Hall–Kier alpha value is -2.53. The first-order chi connectivity index (χ1) is 16.3. The molecular formula is C24H15Br2FN2O3S2. The van der Waals surface area contributed by atoms with Gasteiger partial charge < -0.3 is 4.74 Å². The van der Waals surface area contributed by atoms with Gasteiger partial charge in [0.2, 0.25) is 0 Å². The first-order valence-corrected chi connectivity index (χ1v) is 12.6. The van der Waals surface area contributed by atoms with Crippen LogP contribution in [0.2, 0.25) is 0 Å². The lowest BCUT2D eigenvalue weighted by Gasteiger charge is -2.15. The number of halogens is 3. The van der Waals surface area contributed by atoms with Crippen molar-refractivity contribution >= 4 is 78.1 Å². The van der Waals surface area contributed by atoms with Crippen LogP contribution in [-0.4, -0.2) is 21.1 Å². The van der Waals surface area contributed by atoms with Crippen LogP contribution in [0.3, 0.4) is 0 Å². The van der Waals surface area contributed by atoms with Gasteiger partial charge in [-0.15, -0.1) is 0 Å². The predicted molar refractivity (Wildman–Crippen MR) is 141 cm³/mol. The smallest absolute Gasteiger partial charge is 0.285 e. The summed E-state index contributed by atoms with van der Waals surface area (Å²) in [5, 5.41) is 1.07. The normalized spacial score (nSPS) is 14.6. The summed E-state index contributed by atoms with van der Waals surface area (Å²) in [6.07, 6.45) is 1.67. The zero-order valence-electron chi connectivity index (χ0n) is 17.3. The van der Waals surface area contributed by atoms with Gasteiger partial charge in [0.1, 0.15) is 18.2 Å². The molecule has 0 radical (unpaired) electrons. The summed E-state index contributed by atoms with van der Waals surface area (Å²) < 4.78 is 21.1. The number of hydrogen-bond acceptors (Lipinski definition) is 5. The summed E-state index contributed by atoms with van der Waals surface area (Å²) in [6.45, 7) is 0.0585. The van der Waals surface area contributed by atoms with Crippen molar-refractivity contribution in [2.24, 2.45) is 0 Å². The van der Waals surface area contributed by atoms with E-state index in [1.807, 2.05) is 0 Å². The molecule has 1 aliphatic heterocycles. The van der Waals surface area contributed by atoms with Gasteiger partial charge in [0, 0.05) is 11.1 Å². The summed E-state index contributed by atoms with van der Waals surface area (Å²) in [5.74, 6) is -0.692. The largest absolute Gasteiger partial charge is 0.486 e. The van der Waals surface area contributed by atoms with Crippen LogP contribution >= 0.6 is 55.8 Å². The number of thiocarbonyl (C=S) groups is 1. The minimum atomic E-state index is -0.431.